The van der Waals surface area contributed by atoms with Gasteiger partial charge in [-0.25, -0.2) is 4.98 Å². The van der Waals surface area contributed by atoms with Crippen molar-refractivity contribution in [1.29, 1.82) is 0 Å². The van der Waals surface area contributed by atoms with Crippen LogP contribution in [0.5, 0.6) is 11.6 Å². The summed E-state index contributed by atoms with van der Waals surface area (Å²) in [5, 5.41) is 0. The zero-order valence-corrected chi connectivity index (χ0v) is 11.7. The highest BCUT2D eigenvalue weighted by Crippen LogP contribution is 2.30. The molecule has 0 radical (unpaired) electrons. The van der Waals surface area contributed by atoms with Gasteiger partial charge in [0.15, 0.2) is 0 Å². The Balaban J connectivity index is 2.38. The third kappa shape index (κ3) is 2.71. The molecule has 0 aliphatic carbocycles. The van der Waals surface area contributed by atoms with Gasteiger partial charge in [0.2, 0.25) is 11.8 Å². The molecule has 1 amide bonds. The summed E-state index contributed by atoms with van der Waals surface area (Å²) >= 11 is 0. The fraction of sp³-hybridized carbons (Fsp3) is 0.200. The molecular weight excluding hydrogens is 254 g/mol. The number of hydrogen-bond acceptors (Lipinski definition) is 4. The number of anilines is 1. The lowest BCUT2D eigenvalue weighted by Gasteiger charge is -2.13. The van der Waals surface area contributed by atoms with Crippen molar-refractivity contribution in [2.45, 2.75) is 20.8 Å². The standard InChI is InChI=1S/C15H17N3O2/c1-8-4-11(15(17)19)5-9(2)14(8)20-13-6-12(16)10(3)7-18-13/h4-7H,1-3H3,(H2,16,18)(H2,17,19). The maximum absolute atomic E-state index is 11.2. The number of ether oxygens (including phenoxy) is 1. The molecule has 4 N–H and O–H groups in total. The van der Waals surface area contributed by atoms with E-state index in [0.717, 1.165) is 16.7 Å². The van der Waals surface area contributed by atoms with Crippen LogP contribution >= 0.6 is 0 Å². The van der Waals surface area contributed by atoms with Crippen molar-refractivity contribution in [1.82, 2.24) is 4.98 Å². The Hall–Kier alpha value is -2.56. The van der Waals surface area contributed by atoms with Gasteiger partial charge < -0.3 is 16.2 Å². The number of carbonyl (C=O) groups is 1. The fourth-order valence-electron chi connectivity index (χ4n) is 1.93. The van der Waals surface area contributed by atoms with Crippen LogP contribution in [0, 0.1) is 20.8 Å². The predicted molar refractivity (Wildman–Crippen MR) is 77.9 cm³/mol. The normalized spacial score (nSPS) is 10.3. The van der Waals surface area contributed by atoms with Gasteiger partial charge in [0.1, 0.15) is 5.75 Å². The van der Waals surface area contributed by atoms with E-state index in [1.54, 1.807) is 24.4 Å². The Morgan fingerprint density at radius 2 is 1.70 bits per heavy atom. The molecular formula is C15H17N3O2. The molecule has 1 aromatic carbocycles. The first-order valence-corrected chi connectivity index (χ1v) is 6.19. The Labute approximate surface area is 117 Å². The van der Waals surface area contributed by atoms with E-state index in [2.05, 4.69) is 4.98 Å². The number of hydrogen-bond donors (Lipinski definition) is 2. The number of rotatable bonds is 3. The van der Waals surface area contributed by atoms with E-state index < -0.39 is 5.91 Å². The van der Waals surface area contributed by atoms with Crippen molar-refractivity contribution in [3.05, 3.63) is 46.6 Å². The lowest BCUT2D eigenvalue weighted by atomic mass is 10.1. The van der Waals surface area contributed by atoms with Gasteiger partial charge in [-0.1, -0.05) is 0 Å². The van der Waals surface area contributed by atoms with Crippen LogP contribution in [0.3, 0.4) is 0 Å². The highest BCUT2D eigenvalue weighted by atomic mass is 16.5. The molecule has 0 unspecified atom stereocenters. The Kier molecular flexibility index (Phi) is 3.61. The van der Waals surface area contributed by atoms with Crippen LogP contribution in [-0.2, 0) is 0 Å². The van der Waals surface area contributed by atoms with Crippen molar-refractivity contribution in [3.8, 4) is 11.6 Å². The Morgan fingerprint density at radius 1 is 1.10 bits per heavy atom. The second-order valence-corrected chi connectivity index (χ2v) is 4.78. The SMILES string of the molecule is Cc1cnc(Oc2c(C)cc(C(N)=O)cc2C)cc1N. The van der Waals surface area contributed by atoms with Crippen molar-refractivity contribution in [3.63, 3.8) is 0 Å². The molecule has 5 heteroatoms. The van der Waals surface area contributed by atoms with Crippen LogP contribution in [0.2, 0.25) is 0 Å². The molecule has 1 heterocycles. The molecule has 0 aliphatic heterocycles. The third-order valence-corrected chi connectivity index (χ3v) is 3.07. The topological polar surface area (TPSA) is 91.2 Å². The molecule has 0 fully saturated rings. The number of carbonyl (C=O) groups excluding carboxylic acids is 1. The number of aryl methyl sites for hydroxylation is 3. The lowest BCUT2D eigenvalue weighted by molar-refractivity contribution is 0.1000. The number of benzene rings is 1. The number of nitrogens with zero attached hydrogens (tertiary/aromatic N) is 1. The van der Waals surface area contributed by atoms with Crippen LogP contribution in [0.25, 0.3) is 0 Å². The number of primary amides is 1. The molecule has 0 saturated carbocycles. The first-order valence-electron chi connectivity index (χ1n) is 6.19. The lowest BCUT2D eigenvalue weighted by Crippen LogP contribution is -2.11. The number of amides is 1. The molecule has 2 aromatic rings. The van der Waals surface area contributed by atoms with Crippen molar-refractivity contribution in [2.75, 3.05) is 5.73 Å². The predicted octanol–water partition coefficient (Wildman–Crippen LogP) is 2.48. The highest BCUT2D eigenvalue weighted by molar-refractivity contribution is 5.93. The van der Waals surface area contributed by atoms with E-state index >= 15 is 0 Å². The fourth-order valence-corrected chi connectivity index (χ4v) is 1.93. The maximum atomic E-state index is 11.2. The van der Waals surface area contributed by atoms with Crippen molar-refractivity contribution >= 4 is 11.6 Å². The van der Waals surface area contributed by atoms with E-state index in [1.807, 2.05) is 20.8 Å². The van der Waals surface area contributed by atoms with Crippen LogP contribution in [0.15, 0.2) is 24.4 Å². The van der Waals surface area contributed by atoms with Gasteiger partial charge in [-0.2, -0.15) is 0 Å². The number of nitrogen functional groups attached to an aromatic ring is 1. The number of nitrogens with two attached hydrogens (primary N) is 2. The van der Waals surface area contributed by atoms with Gasteiger partial charge in [0.25, 0.3) is 0 Å². The molecule has 1 aromatic heterocycles. The Bertz CT molecular complexity index is 658. The molecule has 0 saturated heterocycles. The van der Waals surface area contributed by atoms with Gasteiger partial charge >= 0.3 is 0 Å². The van der Waals surface area contributed by atoms with Gasteiger partial charge in [0.05, 0.1) is 0 Å². The van der Waals surface area contributed by atoms with Gasteiger partial charge in [-0.15, -0.1) is 0 Å². The van der Waals surface area contributed by atoms with Crippen LogP contribution in [-0.4, -0.2) is 10.9 Å². The number of aromatic nitrogens is 1. The minimum atomic E-state index is -0.458. The van der Waals surface area contributed by atoms with E-state index in [4.69, 9.17) is 16.2 Å². The molecule has 0 spiro atoms. The van der Waals surface area contributed by atoms with Crippen LogP contribution < -0.4 is 16.2 Å². The van der Waals surface area contributed by atoms with Gasteiger partial charge in [-0.3, -0.25) is 4.79 Å². The summed E-state index contributed by atoms with van der Waals surface area (Å²) < 4.78 is 5.77. The van der Waals surface area contributed by atoms with E-state index in [9.17, 15) is 4.79 Å². The van der Waals surface area contributed by atoms with E-state index in [1.165, 1.54) is 0 Å². The summed E-state index contributed by atoms with van der Waals surface area (Å²) in [7, 11) is 0. The summed E-state index contributed by atoms with van der Waals surface area (Å²) in [5.41, 5.74) is 14.7. The highest BCUT2D eigenvalue weighted by Gasteiger charge is 2.11. The largest absolute Gasteiger partial charge is 0.438 e. The summed E-state index contributed by atoms with van der Waals surface area (Å²) in [6, 6.07) is 5.07. The minimum absolute atomic E-state index is 0.422. The van der Waals surface area contributed by atoms with Gasteiger partial charge in [0, 0.05) is 23.5 Å². The molecule has 104 valence electrons. The minimum Gasteiger partial charge on any atom is -0.438 e. The van der Waals surface area contributed by atoms with Crippen LogP contribution in [0.4, 0.5) is 5.69 Å². The van der Waals surface area contributed by atoms with Crippen LogP contribution in [0.1, 0.15) is 27.0 Å². The summed E-state index contributed by atoms with van der Waals surface area (Å²) in [6.07, 6.45) is 1.66. The monoisotopic (exact) mass is 271 g/mol. The van der Waals surface area contributed by atoms with E-state index in [0.29, 0.717) is 22.9 Å². The quantitative estimate of drug-likeness (QED) is 0.897. The molecule has 0 atom stereocenters. The second-order valence-electron chi connectivity index (χ2n) is 4.78. The van der Waals surface area contributed by atoms with Crippen molar-refractivity contribution < 1.29 is 9.53 Å². The average molecular weight is 271 g/mol. The second kappa shape index (κ2) is 5.21. The summed E-state index contributed by atoms with van der Waals surface area (Å²) in [6.45, 7) is 5.59. The number of pyridine rings is 1. The molecule has 2 rings (SSSR count). The Morgan fingerprint density at radius 3 is 2.20 bits per heavy atom. The van der Waals surface area contributed by atoms with Gasteiger partial charge in [-0.05, 0) is 49.6 Å². The molecule has 20 heavy (non-hydrogen) atoms. The average Bonchev–Trinajstić information content (AvgIpc) is 2.37. The molecule has 0 bridgehead atoms. The third-order valence-electron chi connectivity index (χ3n) is 3.07. The van der Waals surface area contributed by atoms with E-state index in [-0.39, 0.29) is 0 Å². The maximum Gasteiger partial charge on any atom is 0.248 e. The smallest absolute Gasteiger partial charge is 0.248 e. The summed E-state index contributed by atoms with van der Waals surface area (Å²) in [5.74, 6) is 0.623. The molecule has 0 aliphatic rings. The summed E-state index contributed by atoms with van der Waals surface area (Å²) in [4.78, 5) is 15.4. The zero-order valence-electron chi connectivity index (χ0n) is 11.7. The molecule has 5 nitrogen and oxygen atoms in total. The first-order chi connectivity index (χ1) is 9.38. The first kappa shape index (κ1) is 13.9. The zero-order chi connectivity index (χ0) is 14.9. The van der Waals surface area contributed by atoms with Crippen molar-refractivity contribution in [2.24, 2.45) is 5.73 Å².